The molecule has 1 aromatic carbocycles. The highest BCUT2D eigenvalue weighted by Gasteiger charge is 2.25. The number of benzene rings is 1. The lowest BCUT2D eigenvalue weighted by Crippen LogP contribution is -2.25. The lowest BCUT2D eigenvalue weighted by Gasteiger charge is -2.24. The van der Waals surface area contributed by atoms with E-state index in [4.69, 9.17) is 0 Å². The van der Waals surface area contributed by atoms with Crippen molar-refractivity contribution in [1.82, 2.24) is 14.8 Å². The van der Waals surface area contributed by atoms with E-state index in [1.54, 1.807) is 12.1 Å². The van der Waals surface area contributed by atoms with Crippen molar-refractivity contribution in [2.45, 2.75) is 32.9 Å². The van der Waals surface area contributed by atoms with Gasteiger partial charge in [-0.3, -0.25) is 0 Å². The Morgan fingerprint density at radius 3 is 2.58 bits per heavy atom. The summed E-state index contributed by atoms with van der Waals surface area (Å²) in [6.07, 6.45) is 0. The van der Waals surface area contributed by atoms with E-state index in [0.29, 0.717) is 21.7 Å². The van der Waals surface area contributed by atoms with Gasteiger partial charge in [0.15, 0.2) is 11.6 Å². The second kappa shape index (κ2) is 5.02. The predicted octanol–water partition coefficient (Wildman–Crippen LogP) is 3.09. The van der Waals surface area contributed by atoms with Gasteiger partial charge in [0.05, 0.1) is 4.47 Å². The minimum Gasteiger partial charge on any atom is -0.388 e. The lowest BCUT2D eigenvalue weighted by molar-refractivity contribution is 0.250. The SMILES string of the molecule is CC(C)(C)n1c(CO)nnc1-c1cccc(F)c1Br. The van der Waals surface area contributed by atoms with Gasteiger partial charge < -0.3 is 9.67 Å². The number of nitrogens with zero attached hydrogens (tertiary/aromatic N) is 3. The van der Waals surface area contributed by atoms with E-state index >= 15 is 0 Å². The summed E-state index contributed by atoms with van der Waals surface area (Å²) in [5.74, 6) is 0.632. The van der Waals surface area contributed by atoms with Crippen molar-refractivity contribution in [2.75, 3.05) is 0 Å². The van der Waals surface area contributed by atoms with E-state index in [9.17, 15) is 9.50 Å². The van der Waals surface area contributed by atoms with Gasteiger partial charge in [-0.2, -0.15) is 0 Å². The van der Waals surface area contributed by atoms with E-state index < -0.39 is 0 Å². The van der Waals surface area contributed by atoms with Crippen molar-refractivity contribution in [1.29, 1.82) is 0 Å². The average Bonchev–Trinajstić information content (AvgIpc) is 2.76. The van der Waals surface area contributed by atoms with Gasteiger partial charge >= 0.3 is 0 Å². The Balaban J connectivity index is 2.70. The molecule has 0 fully saturated rings. The maximum absolute atomic E-state index is 13.6. The molecule has 0 aliphatic rings. The summed E-state index contributed by atoms with van der Waals surface area (Å²) in [6.45, 7) is 5.72. The fraction of sp³-hybridized carbons (Fsp3) is 0.385. The number of aromatic nitrogens is 3. The van der Waals surface area contributed by atoms with Crippen molar-refractivity contribution in [3.63, 3.8) is 0 Å². The van der Waals surface area contributed by atoms with E-state index in [0.717, 1.165) is 0 Å². The Hall–Kier alpha value is -1.27. The fourth-order valence-corrected chi connectivity index (χ4v) is 2.42. The van der Waals surface area contributed by atoms with E-state index in [-0.39, 0.29) is 18.0 Å². The third-order valence-corrected chi connectivity index (χ3v) is 3.54. The molecule has 1 aromatic heterocycles. The summed E-state index contributed by atoms with van der Waals surface area (Å²) in [7, 11) is 0. The first kappa shape index (κ1) is 14.1. The monoisotopic (exact) mass is 327 g/mol. The zero-order chi connectivity index (χ0) is 14.2. The lowest BCUT2D eigenvalue weighted by atomic mass is 10.1. The summed E-state index contributed by atoms with van der Waals surface area (Å²) in [5.41, 5.74) is 0.296. The minimum absolute atomic E-state index is 0.211. The van der Waals surface area contributed by atoms with Gasteiger partial charge in [-0.25, -0.2) is 4.39 Å². The van der Waals surface area contributed by atoms with E-state index in [2.05, 4.69) is 26.1 Å². The van der Waals surface area contributed by atoms with Crippen LogP contribution in [0.2, 0.25) is 0 Å². The third-order valence-electron chi connectivity index (χ3n) is 2.73. The normalized spacial score (nSPS) is 11.9. The van der Waals surface area contributed by atoms with Crippen LogP contribution in [0.1, 0.15) is 26.6 Å². The van der Waals surface area contributed by atoms with Gasteiger partial charge in [-0.1, -0.05) is 6.07 Å². The van der Waals surface area contributed by atoms with Crippen LogP contribution in [0.15, 0.2) is 22.7 Å². The van der Waals surface area contributed by atoms with Crippen LogP contribution in [0.5, 0.6) is 0 Å². The van der Waals surface area contributed by atoms with Crippen LogP contribution in [0, 0.1) is 5.82 Å². The topological polar surface area (TPSA) is 50.9 Å². The Labute approximate surface area is 119 Å². The molecule has 6 heteroatoms. The molecule has 0 saturated carbocycles. The quantitative estimate of drug-likeness (QED) is 0.922. The molecular weight excluding hydrogens is 313 g/mol. The van der Waals surface area contributed by atoms with E-state index in [1.807, 2.05) is 25.3 Å². The van der Waals surface area contributed by atoms with Crippen LogP contribution in [0.3, 0.4) is 0 Å². The van der Waals surface area contributed by atoms with Gasteiger partial charge in [0.2, 0.25) is 0 Å². The van der Waals surface area contributed by atoms with E-state index in [1.165, 1.54) is 6.07 Å². The standard InChI is InChI=1S/C13H15BrFN3O/c1-13(2,3)18-10(7-19)16-17-12(18)8-5-4-6-9(15)11(8)14/h4-6,19H,7H2,1-3H3. The Morgan fingerprint density at radius 1 is 1.32 bits per heavy atom. The van der Waals surface area contributed by atoms with Gasteiger partial charge in [-0.05, 0) is 48.8 Å². The fourth-order valence-electron chi connectivity index (χ4n) is 1.97. The molecule has 1 N–H and O–H groups in total. The molecule has 0 unspecified atom stereocenters. The predicted molar refractivity (Wildman–Crippen MR) is 74.0 cm³/mol. The van der Waals surface area contributed by atoms with Crippen LogP contribution >= 0.6 is 15.9 Å². The molecule has 0 atom stereocenters. The molecule has 0 bridgehead atoms. The smallest absolute Gasteiger partial charge is 0.165 e. The summed E-state index contributed by atoms with van der Waals surface area (Å²) >= 11 is 3.23. The first-order valence-electron chi connectivity index (χ1n) is 5.86. The van der Waals surface area contributed by atoms with Crippen LogP contribution in [-0.2, 0) is 12.1 Å². The second-order valence-corrected chi connectivity index (χ2v) is 6.00. The Kier molecular flexibility index (Phi) is 3.73. The first-order chi connectivity index (χ1) is 8.86. The number of hydrogen-bond donors (Lipinski definition) is 1. The summed E-state index contributed by atoms with van der Waals surface area (Å²) in [4.78, 5) is 0. The van der Waals surface area contributed by atoms with Crippen LogP contribution < -0.4 is 0 Å². The molecule has 0 radical (unpaired) electrons. The third kappa shape index (κ3) is 2.55. The first-order valence-corrected chi connectivity index (χ1v) is 6.65. The van der Waals surface area contributed by atoms with Crippen LogP contribution in [-0.4, -0.2) is 19.9 Å². The second-order valence-electron chi connectivity index (χ2n) is 5.21. The van der Waals surface area contributed by atoms with Gasteiger partial charge in [0.25, 0.3) is 0 Å². The highest BCUT2D eigenvalue weighted by molar-refractivity contribution is 9.10. The van der Waals surface area contributed by atoms with Crippen LogP contribution in [0.4, 0.5) is 4.39 Å². The van der Waals surface area contributed by atoms with Gasteiger partial charge in [0, 0.05) is 11.1 Å². The molecule has 19 heavy (non-hydrogen) atoms. The molecule has 0 aliphatic carbocycles. The number of aliphatic hydroxyl groups excluding tert-OH is 1. The molecule has 1 heterocycles. The highest BCUT2D eigenvalue weighted by Crippen LogP contribution is 2.32. The largest absolute Gasteiger partial charge is 0.388 e. The molecule has 4 nitrogen and oxygen atoms in total. The summed E-state index contributed by atoms with van der Waals surface area (Å²) < 4.78 is 15.8. The molecule has 102 valence electrons. The van der Waals surface area contributed by atoms with Crippen molar-refractivity contribution in [3.8, 4) is 11.4 Å². The number of hydrogen-bond acceptors (Lipinski definition) is 3. The maximum Gasteiger partial charge on any atom is 0.165 e. The zero-order valence-electron chi connectivity index (χ0n) is 11.0. The van der Waals surface area contributed by atoms with Gasteiger partial charge in [-0.15, -0.1) is 10.2 Å². The summed E-state index contributed by atoms with van der Waals surface area (Å²) in [5, 5.41) is 17.4. The Bertz CT molecular complexity index is 604. The Morgan fingerprint density at radius 2 is 2.00 bits per heavy atom. The molecular formula is C13H15BrFN3O. The number of rotatable bonds is 2. The molecule has 0 saturated heterocycles. The molecule has 0 spiro atoms. The van der Waals surface area contributed by atoms with Crippen molar-refractivity contribution in [2.24, 2.45) is 0 Å². The summed E-state index contributed by atoms with van der Waals surface area (Å²) in [6, 6.07) is 4.76. The van der Waals surface area contributed by atoms with Crippen molar-refractivity contribution in [3.05, 3.63) is 34.3 Å². The molecule has 0 amide bonds. The van der Waals surface area contributed by atoms with Crippen LogP contribution in [0.25, 0.3) is 11.4 Å². The molecule has 0 aliphatic heterocycles. The highest BCUT2D eigenvalue weighted by atomic mass is 79.9. The maximum atomic E-state index is 13.6. The van der Waals surface area contributed by atoms with Gasteiger partial charge in [0.1, 0.15) is 12.4 Å². The van der Waals surface area contributed by atoms with Crippen molar-refractivity contribution >= 4 is 15.9 Å². The number of aliphatic hydroxyl groups is 1. The molecule has 2 rings (SSSR count). The minimum atomic E-state index is -0.355. The average molecular weight is 328 g/mol. The van der Waals surface area contributed by atoms with Crippen molar-refractivity contribution < 1.29 is 9.50 Å². The zero-order valence-corrected chi connectivity index (χ0v) is 12.6. The number of halogens is 2. The molecule has 2 aromatic rings.